The molecule has 0 atom stereocenters. The van der Waals surface area contributed by atoms with Crippen molar-refractivity contribution < 1.29 is 23.5 Å². The lowest BCUT2D eigenvalue weighted by atomic mass is 10.1. The number of hydrogen-bond acceptors (Lipinski definition) is 6. The molecule has 1 aliphatic rings. The van der Waals surface area contributed by atoms with Gasteiger partial charge in [0, 0.05) is 11.1 Å². The number of amides is 2. The minimum absolute atomic E-state index is 0.189. The number of fused-ring (bicyclic) bond motifs is 2. The van der Waals surface area contributed by atoms with Crippen molar-refractivity contribution in [1.29, 1.82) is 0 Å². The van der Waals surface area contributed by atoms with Gasteiger partial charge in [0.1, 0.15) is 17.6 Å². The number of esters is 1. The second-order valence-corrected chi connectivity index (χ2v) is 9.01. The summed E-state index contributed by atoms with van der Waals surface area (Å²) in [5.41, 5.74) is 2.33. The molecule has 4 aromatic carbocycles. The lowest BCUT2D eigenvalue weighted by molar-refractivity contribution is 0.0734. The molecule has 1 aliphatic heterocycles. The van der Waals surface area contributed by atoms with Crippen LogP contribution in [0.2, 0.25) is 5.02 Å². The van der Waals surface area contributed by atoms with Crippen LogP contribution >= 0.6 is 11.6 Å². The molecule has 7 nitrogen and oxygen atoms in total. The van der Waals surface area contributed by atoms with E-state index in [1.54, 1.807) is 48.5 Å². The standard InChI is InChI=1S/C30H16ClNO6/c31-19-9-5-17(6-10-19)25-16-37-26-15-21(13-14-24(26)27(25)33)38-30(36)18-7-11-20(12-8-18)32-28(34)22-3-1-2-4-23(22)29(32)35/h1-16H. The van der Waals surface area contributed by atoms with Crippen molar-refractivity contribution in [3.05, 3.63) is 129 Å². The van der Waals surface area contributed by atoms with E-state index in [2.05, 4.69) is 0 Å². The number of nitrogens with zero attached hydrogens (tertiary/aromatic N) is 1. The van der Waals surface area contributed by atoms with Gasteiger partial charge in [0.25, 0.3) is 11.8 Å². The second-order valence-electron chi connectivity index (χ2n) is 8.57. The zero-order valence-electron chi connectivity index (χ0n) is 19.5. The molecular formula is C30H16ClNO6. The Morgan fingerprint density at radius 1 is 0.763 bits per heavy atom. The summed E-state index contributed by atoms with van der Waals surface area (Å²) in [7, 11) is 0. The molecule has 2 heterocycles. The Morgan fingerprint density at radius 2 is 1.42 bits per heavy atom. The van der Waals surface area contributed by atoms with Crippen LogP contribution in [-0.4, -0.2) is 17.8 Å². The first kappa shape index (κ1) is 23.4. The number of carbonyl (C=O) groups is 3. The molecule has 0 aliphatic carbocycles. The molecular weight excluding hydrogens is 506 g/mol. The van der Waals surface area contributed by atoms with Gasteiger partial charge in [-0.15, -0.1) is 0 Å². The summed E-state index contributed by atoms with van der Waals surface area (Å²) < 4.78 is 11.1. The van der Waals surface area contributed by atoms with Gasteiger partial charge in [-0.1, -0.05) is 35.9 Å². The number of halogens is 1. The van der Waals surface area contributed by atoms with Crippen molar-refractivity contribution in [1.82, 2.24) is 0 Å². The van der Waals surface area contributed by atoms with Crippen molar-refractivity contribution in [2.75, 3.05) is 4.90 Å². The fraction of sp³-hybridized carbons (Fsp3) is 0. The van der Waals surface area contributed by atoms with Gasteiger partial charge >= 0.3 is 5.97 Å². The zero-order chi connectivity index (χ0) is 26.4. The molecule has 0 bridgehead atoms. The van der Waals surface area contributed by atoms with E-state index in [0.29, 0.717) is 38.4 Å². The number of benzene rings is 4. The molecule has 0 saturated heterocycles. The van der Waals surface area contributed by atoms with Gasteiger partial charge < -0.3 is 9.15 Å². The topological polar surface area (TPSA) is 93.9 Å². The Balaban J connectivity index is 1.21. The summed E-state index contributed by atoms with van der Waals surface area (Å²) in [5.74, 6) is -1.30. The van der Waals surface area contributed by atoms with Crippen LogP contribution in [0.3, 0.4) is 0 Å². The Hall–Kier alpha value is -5.01. The van der Waals surface area contributed by atoms with Crippen molar-refractivity contribution >= 4 is 46.0 Å². The molecule has 2 amide bonds. The number of rotatable bonds is 4. The average molecular weight is 522 g/mol. The Bertz CT molecular complexity index is 1790. The molecule has 0 spiro atoms. The Labute approximate surface area is 220 Å². The summed E-state index contributed by atoms with van der Waals surface area (Å²) in [4.78, 5) is 52.2. The number of ether oxygens (including phenoxy) is 1. The lowest BCUT2D eigenvalue weighted by Gasteiger charge is -2.14. The van der Waals surface area contributed by atoms with Gasteiger partial charge in [-0.3, -0.25) is 14.4 Å². The smallest absolute Gasteiger partial charge is 0.343 e. The van der Waals surface area contributed by atoms with Crippen LogP contribution in [0.1, 0.15) is 31.1 Å². The van der Waals surface area contributed by atoms with Crippen LogP contribution in [0.5, 0.6) is 5.75 Å². The van der Waals surface area contributed by atoms with E-state index < -0.39 is 17.8 Å². The number of imide groups is 1. The van der Waals surface area contributed by atoms with E-state index >= 15 is 0 Å². The van der Waals surface area contributed by atoms with Crippen LogP contribution in [0.25, 0.3) is 22.1 Å². The largest absolute Gasteiger partial charge is 0.463 e. The van der Waals surface area contributed by atoms with E-state index in [1.807, 2.05) is 0 Å². The first-order valence-electron chi connectivity index (χ1n) is 11.5. The highest BCUT2D eigenvalue weighted by Crippen LogP contribution is 2.29. The van der Waals surface area contributed by atoms with E-state index in [0.717, 1.165) is 4.90 Å². The third-order valence-corrected chi connectivity index (χ3v) is 6.52. The van der Waals surface area contributed by atoms with Gasteiger partial charge in [-0.05, 0) is 66.2 Å². The lowest BCUT2D eigenvalue weighted by Crippen LogP contribution is -2.29. The van der Waals surface area contributed by atoms with Gasteiger partial charge in [-0.25, -0.2) is 9.69 Å². The van der Waals surface area contributed by atoms with Gasteiger partial charge in [0.15, 0.2) is 5.43 Å². The molecule has 38 heavy (non-hydrogen) atoms. The molecule has 184 valence electrons. The number of hydrogen-bond donors (Lipinski definition) is 0. The monoisotopic (exact) mass is 521 g/mol. The van der Waals surface area contributed by atoms with E-state index in [-0.39, 0.29) is 22.3 Å². The van der Waals surface area contributed by atoms with Crippen molar-refractivity contribution in [2.45, 2.75) is 0 Å². The van der Waals surface area contributed by atoms with Crippen LogP contribution in [0.15, 0.2) is 106 Å². The fourth-order valence-corrected chi connectivity index (χ4v) is 4.46. The molecule has 6 rings (SSSR count). The Morgan fingerprint density at radius 3 is 2.08 bits per heavy atom. The molecule has 0 unspecified atom stereocenters. The Kier molecular flexibility index (Phi) is 5.62. The second kappa shape index (κ2) is 9.14. The van der Waals surface area contributed by atoms with Crippen molar-refractivity contribution in [3.63, 3.8) is 0 Å². The van der Waals surface area contributed by atoms with Crippen molar-refractivity contribution in [2.24, 2.45) is 0 Å². The van der Waals surface area contributed by atoms with Crippen LogP contribution in [-0.2, 0) is 0 Å². The predicted molar refractivity (Wildman–Crippen MR) is 142 cm³/mol. The van der Waals surface area contributed by atoms with E-state index in [9.17, 15) is 19.2 Å². The summed E-state index contributed by atoms with van der Waals surface area (Å²) in [6.45, 7) is 0. The third kappa shape index (κ3) is 3.95. The van der Waals surface area contributed by atoms with Crippen LogP contribution in [0.4, 0.5) is 5.69 Å². The first-order chi connectivity index (χ1) is 18.4. The molecule has 0 N–H and O–H groups in total. The summed E-state index contributed by atoms with van der Waals surface area (Å²) >= 11 is 5.93. The maximum absolute atomic E-state index is 13.0. The maximum atomic E-state index is 13.0. The van der Waals surface area contributed by atoms with Crippen LogP contribution in [0, 0.1) is 0 Å². The normalized spacial score (nSPS) is 12.6. The molecule has 1 aromatic heterocycles. The minimum Gasteiger partial charge on any atom is -0.463 e. The quantitative estimate of drug-likeness (QED) is 0.160. The van der Waals surface area contributed by atoms with E-state index in [4.69, 9.17) is 20.8 Å². The number of carbonyl (C=O) groups excluding carboxylic acids is 3. The zero-order valence-corrected chi connectivity index (χ0v) is 20.3. The summed E-state index contributed by atoms with van der Waals surface area (Å²) in [5, 5.41) is 0.895. The number of anilines is 1. The fourth-order valence-electron chi connectivity index (χ4n) is 4.34. The van der Waals surface area contributed by atoms with Gasteiger partial charge in [0.2, 0.25) is 0 Å². The average Bonchev–Trinajstić information content (AvgIpc) is 3.19. The maximum Gasteiger partial charge on any atom is 0.343 e. The molecule has 0 radical (unpaired) electrons. The predicted octanol–water partition coefficient (Wildman–Crippen LogP) is 6.13. The van der Waals surface area contributed by atoms with E-state index in [1.165, 1.54) is 48.7 Å². The van der Waals surface area contributed by atoms with Gasteiger partial charge in [0.05, 0.1) is 33.3 Å². The van der Waals surface area contributed by atoms with Gasteiger partial charge in [-0.2, -0.15) is 0 Å². The minimum atomic E-state index is -0.654. The van der Waals surface area contributed by atoms with Crippen LogP contribution < -0.4 is 15.1 Å². The molecule has 0 fully saturated rings. The SMILES string of the molecule is O=C(Oc1ccc2c(=O)c(-c3ccc(Cl)cc3)coc2c1)c1ccc(N2C(=O)c3ccccc3C2=O)cc1. The molecule has 0 saturated carbocycles. The van der Waals surface area contributed by atoms with Crippen molar-refractivity contribution in [3.8, 4) is 16.9 Å². The highest BCUT2D eigenvalue weighted by Gasteiger charge is 2.36. The highest BCUT2D eigenvalue weighted by atomic mass is 35.5. The molecule has 8 heteroatoms. The highest BCUT2D eigenvalue weighted by molar-refractivity contribution is 6.34. The first-order valence-corrected chi connectivity index (χ1v) is 11.9. The molecule has 5 aromatic rings. The third-order valence-electron chi connectivity index (χ3n) is 6.27. The summed E-state index contributed by atoms with van der Waals surface area (Å²) in [6.07, 6.45) is 1.36. The summed E-state index contributed by atoms with van der Waals surface area (Å²) in [6, 6.07) is 23.9.